The summed E-state index contributed by atoms with van der Waals surface area (Å²) in [5.41, 5.74) is 0.592. The number of hydrogen-bond donors (Lipinski definition) is 2. The number of methoxy groups -OCH3 is 2. The smallest absolute Gasteiger partial charge is 0.329 e. The highest BCUT2D eigenvalue weighted by Crippen LogP contribution is 2.36. The van der Waals surface area contributed by atoms with Gasteiger partial charge >= 0.3 is 6.03 Å². The molecule has 1 aliphatic heterocycles. The van der Waals surface area contributed by atoms with Crippen LogP contribution in [0.3, 0.4) is 0 Å². The van der Waals surface area contributed by atoms with Gasteiger partial charge in [0.1, 0.15) is 24.6 Å². The van der Waals surface area contributed by atoms with Crippen LogP contribution in [0.25, 0.3) is 6.08 Å². The zero-order valence-corrected chi connectivity index (χ0v) is 21.0. The van der Waals surface area contributed by atoms with Gasteiger partial charge in [-0.25, -0.2) is 9.69 Å². The number of benzene rings is 3. The number of nitrogens with one attached hydrogen (secondary N) is 2. The molecule has 0 saturated carbocycles. The standard InChI is InChI=1S/C27H24N4O8/c1-37-22-11-7-6-10-19(22)28-25(32)15-30-26(33)20(29-27(30)34)12-18-13-23(38-2)24(14-21(18)31(35)36)39-16-17-8-4-3-5-9-17/h3-14H,15-16H2,1-2H3,(H,28,32)(H,29,34)/b20-12+. The van der Waals surface area contributed by atoms with Crippen molar-refractivity contribution in [1.29, 1.82) is 0 Å². The number of carbonyl (C=O) groups excluding carboxylic acids is 3. The molecule has 3 aromatic carbocycles. The van der Waals surface area contributed by atoms with Crippen molar-refractivity contribution >= 4 is 35.3 Å². The third-order valence-electron chi connectivity index (χ3n) is 5.69. The molecule has 3 aromatic rings. The molecule has 0 atom stereocenters. The largest absolute Gasteiger partial charge is 0.495 e. The molecular formula is C27H24N4O8. The van der Waals surface area contributed by atoms with Crippen molar-refractivity contribution in [3.8, 4) is 17.2 Å². The Morgan fingerprint density at radius 2 is 1.69 bits per heavy atom. The fraction of sp³-hybridized carbons (Fsp3) is 0.148. The maximum atomic E-state index is 12.9. The molecule has 2 N–H and O–H groups in total. The van der Waals surface area contributed by atoms with E-state index in [0.29, 0.717) is 16.3 Å². The number of hydrogen-bond acceptors (Lipinski definition) is 8. The minimum atomic E-state index is -0.848. The lowest BCUT2D eigenvalue weighted by atomic mass is 10.1. The van der Waals surface area contributed by atoms with Crippen molar-refractivity contribution in [1.82, 2.24) is 10.2 Å². The predicted molar refractivity (Wildman–Crippen MR) is 140 cm³/mol. The van der Waals surface area contributed by atoms with Crippen LogP contribution in [-0.2, 0) is 16.2 Å². The fourth-order valence-electron chi connectivity index (χ4n) is 3.80. The number of nitro benzene ring substituents is 1. The topological polar surface area (TPSA) is 149 Å². The molecule has 12 heteroatoms. The molecular weight excluding hydrogens is 508 g/mol. The van der Waals surface area contributed by atoms with Crippen LogP contribution in [0.4, 0.5) is 16.2 Å². The molecule has 4 amide bonds. The number of rotatable bonds is 10. The van der Waals surface area contributed by atoms with Gasteiger partial charge in [-0.1, -0.05) is 42.5 Å². The fourth-order valence-corrected chi connectivity index (χ4v) is 3.80. The third-order valence-corrected chi connectivity index (χ3v) is 5.69. The zero-order valence-electron chi connectivity index (χ0n) is 21.0. The number of anilines is 1. The molecule has 0 aromatic heterocycles. The van der Waals surface area contributed by atoms with Crippen LogP contribution >= 0.6 is 0 Å². The number of nitro groups is 1. The summed E-state index contributed by atoms with van der Waals surface area (Å²) in [6, 6.07) is 17.6. The van der Waals surface area contributed by atoms with Crippen molar-refractivity contribution in [2.45, 2.75) is 6.61 Å². The number of amides is 4. The average Bonchev–Trinajstić information content (AvgIpc) is 3.19. The molecule has 0 aliphatic carbocycles. The predicted octanol–water partition coefficient (Wildman–Crippen LogP) is 3.72. The van der Waals surface area contributed by atoms with Crippen molar-refractivity contribution in [2.75, 3.05) is 26.1 Å². The normalized spacial score (nSPS) is 13.7. The summed E-state index contributed by atoms with van der Waals surface area (Å²) in [6.45, 7) is -0.438. The van der Waals surface area contributed by atoms with Crippen LogP contribution < -0.4 is 24.8 Å². The van der Waals surface area contributed by atoms with Crippen molar-refractivity contribution < 1.29 is 33.5 Å². The summed E-state index contributed by atoms with van der Waals surface area (Å²) in [5.74, 6) is -0.745. The lowest BCUT2D eigenvalue weighted by Crippen LogP contribution is -2.38. The highest BCUT2D eigenvalue weighted by Gasteiger charge is 2.35. The van der Waals surface area contributed by atoms with Gasteiger partial charge in [-0.2, -0.15) is 0 Å². The van der Waals surface area contributed by atoms with E-state index in [-0.39, 0.29) is 35.1 Å². The van der Waals surface area contributed by atoms with E-state index in [9.17, 15) is 24.5 Å². The molecule has 39 heavy (non-hydrogen) atoms. The van der Waals surface area contributed by atoms with Gasteiger partial charge in [0.05, 0.1) is 36.5 Å². The number of nitrogens with zero attached hydrogens (tertiary/aromatic N) is 2. The summed E-state index contributed by atoms with van der Waals surface area (Å²) in [7, 11) is 2.81. The molecule has 0 bridgehead atoms. The van der Waals surface area contributed by atoms with E-state index in [1.807, 2.05) is 30.3 Å². The first kappa shape index (κ1) is 26.7. The summed E-state index contributed by atoms with van der Waals surface area (Å²) in [6.07, 6.45) is 1.15. The second-order valence-corrected chi connectivity index (χ2v) is 8.22. The Morgan fingerprint density at radius 3 is 2.38 bits per heavy atom. The summed E-state index contributed by atoms with van der Waals surface area (Å²) in [5, 5.41) is 16.8. The Hall–Kier alpha value is -5.39. The van der Waals surface area contributed by atoms with Gasteiger partial charge < -0.3 is 24.8 Å². The molecule has 200 valence electrons. The quantitative estimate of drug-likeness (QED) is 0.174. The molecule has 1 heterocycles. The summed E-state index contributed by atoms with van der Waals surface area (Å²) >= 11 is 0. The van der Waals surface area contributed by atoms with Gasteiger partial charge in [0.2, 0.25) is 5.91 Å². The van der Waals surface area contributed by atoms with Gasteiger partial charge in [-0.3, -0.25) is 19.7 Å². The molecule has 0 spiro atoms. The van der Waals surface area contributed by atoms with Gasteiger partial charge in [-0.05, 0) is 29.8 Å². The lowest BCUT2D eigenvalue weighted by molar-refractivity contribution is -0.385. The molecule has 1 fully saturated rings. The zero-order chi connectivity index (χ0) is 27.9. The Bertz CT molecular complexity index is 1460. The number of para-hydroxylation sites is 2. The van der Waals surface area contributed by atoms with E-state index < -0.39 is 29.3 Å². The van der Waals surface area contributed by atoms with E-state index in [2.05, 4.69) is 10.6 Å². The highest BCUT2D eigenvalue weighted by molar-refractivity contribution is 6.16. The Kier molecular flexibility index (Phi) is 8.05. The van der Waals surface area contributed by atoms with Gasteiger partial charge in [-0.15, -0.1) is 0 Å². The van der Waals surface area contributed by atoms with E-state index in [0.717, 1.165) is 11.6 Å². The Balaban J connectivity index is 1.54. The van der Waals surface area contributed by atoms with E-state index in [1.165, 1.54) is 26.4 Å². The number of imide groups is 1. The molecule has 0 radical (unpaired) electrons. The minimum Gasteiger partial charge on any atom is -0.495 e. The first-order valence-corrected chi connectivity index (χ1v) is 11.6. The van der Waals surface area contributed by atoms with E-state index in [4.69, 9.17) is 14.2 Å². The molecule has 1 aliphatic rings. The average molecular weight is 533 g/mol. The van der Waals surface area contributed by atoms with Crippen LogP contribution in [0.2, 0.25) is 0 Å². The van der Waals surface area contributed by atoms with Crippen LogP contribution in [-0.4, -0.2) is 48.4 Å². The summed E-state index contributed by atoms with van der Waals surface area (Å²) < 4.78 is 16.3. The highest BCUT2D eigenvalue weighted by atomic mass is 16.6. The Labute approximate surface area is 222 Å². The lowest BCUT2D eigenvalue weighted by Gasteiger charge is -2.13. The molecule has 4 rings (SSSR count). The van der Waals surface area contributed by atoms with Crippen molar-refractivity contribution in [3.63, 3.8) is 0 Å². The second-order valence-electron chi connectivity index (χ2n) is 8.22. The maximum Gasteiger partial charge on any atom is 0.329 e. The van der Waals surface area contributed by atoms with Crippen molar-refractivity contribution in [3.05, 3.63) is 93.7 Å². The monoisotopic (exact) mass is 532 g/mol. The number of ether oxygens (including phenoxy) is 3. The molecule has 12 nitrogen and oxygen atoms in total. The molecule has 0 unspecified atom stereocenters. The van der Waals surface area contributed by atoms with Crippen LogP contribution in [0.5, 0.6) is 17.2 Å². The first-order valence-electron chi connectivity index (χ1n) is 11.6. The van der Waals surface area contributed by atoms with Gasteiger partial charge in [0.25, 0.3) is 11.6 Å². The number of urea groups is 1. The van der Waals surface area contributed by atoms with E-state index >= 15 is 0 Å². The maximum absolute atomic E-state index is 12.9. The molecule has 1 saturated heterocycles. The SMILES string of the molecule is COc1ccccc1NC(=O)CN1C(=O)N/C(=C/c2cc(OC)c(OCc3ccccc3)cc2[N+](=O)[O-])C1=O. The van der Waals surface area contributed by atoms with Crippen LogP contribution in [0, 0.1) is 10.1 Å². The van der Waals surface area contributed by atoms with Crippen LogP contribution in [0.15, 0.2) is 72.4 Å². The van der Waals surface area contributed by atoms with Crippen molar-refractivity contribution in [2.24, 2.45) is 0 Å². The first-order chi connectivity index (χ1) is 18.8. The van der Waals surface area contributed by atoms with E-state index in [1.54, 1.807) is 24.3 Å². The minimum absolute atomic E-state index is 0.00659. The Morgan fingerprint density at radius 1 is 1.00 bits per heavy atom. The van der Waals surface area contributed by atoms with Gasteiger partial charge in [0, 0.05) is 0 Å². The third kappa shape index (κ3) is 6.13. The second kappa shape index (κ2) is 11.8. The number of carbonyl (C=O) groups is 3. The summed E-state index contributed by atoms with van der Waals surface area (Å²) in [4.78, 5) is 49.9. The van der Waals surface area contributed by atoms with Gasteiger partial charge in [0.15, 0.2) is 11.5 Å². The van der Waals surface area contributed by atoms with Crippen LogP contribution in [0.1, 0.15) is 11.1 Å².